The highest BCUT2D eigenvalue weighted by Crippen LogP contribution is 2.41. The Balaban J connectivity index is 1.92. The minimum atomic E-state index is -3.86. The molecule has 0 aliphatic carbocycles. The molecule has 24 heavy (non-hydrogen) atoms. The summed E-state index contributed by atoms with van der Waals surface area (Å²) in [4.78, 5) is 12.7. The van der Waals surface area contributed by atoms with Crippen molar-refractivity contribution in [3.8, 4) is 5.75 Å². The molecule has 128 valence electrons. The van der Waals surface area contributed by atoms with Crippen LogP contribution in [-0.4, -0.2) is 19.9 Å². The second-order valence-electron chi connectivity index (χ2n) is 6.52. The number of benzene rings is 1. The van der Waals surface area contributed by atoms with Gasteiger partial charge in [0.15, 0.2) is 0 Å². The van der Waals surface area contributed by atoms with Gasteiger partial charge in [0.05, 0.1) is 5.92 Å². The lowest BCUT2D eigenvalue weighted by atomic mass is 9.84. The van der Waals surface area contributed by atoms with Crippen molar-refractivity contribution < 1.29 is 17.9 Å². The van der Waals surface area contributed by atoms with E-state index in [9.17, 15) is 13.2 Å². The average Bonchev–Trinajstić information content (AvgIpc) is 2.92. The van der Waals surface area contributed by atoms with E-state index in [1.807, 2.05) is 26.0 Å². The van der Waals surface area contributed by atoms with E-state index in [-0.39, 0.29) is 4.21 Å². The number of carbonyl (C=O) groups is 1. The van der Waals surface area contributed by atoms with Crippen molar-refractivity contribution in [2.45, 2.75) is 42.9 Å². The van der Waals surface area contributed by atoms with Gasteiger partial charge in [-0.25, -0.2) is 13.1 Å². The smallest absolute Gasteiger partial charge is 0.273 e. The molecule has 0 spiro atoms. The maximum Gasteiger partial charge on any atom is 0.273 e. The number of ether oxygens (including phenoxy) is 1. The fourth-order valence-electron chi connectivity index (χ4n) is 2.92. The number of thiophene rings is 1. The van der Waals surface area contributed by atoms with Crippen LogP contribution < -0.4 is 9.46 Å². The summed E-state index contributed by atoms with van der Waals surface area (Å²) in [5, 5.41) is 1.70. The molecule has 1 aromatic heterocycles. The van der Waals surface area contributed by atoms with Crippen LogP contribution >= 0.6 is 11.3 Å². The van der Waals surface area contributed by atoms with Gasteiger partial charge in [0.25, 0.3) is 10.0 Å². The monoisotopic (exact) mass is 365 g/mol. The first kappa shape index (κ1) is 17.0. The van der Waals surface area contributed by atoms with E-state index in [1.165, 1.54) is 0 Å². The molecular weight excluding hydrogens is 346 g/mol. The molecule has 1 N–H and O–H groups in total. The molecule has 0 fully saturated rings. The molecule has 5 nitrogen and oxygen atoms in total. The van der Waals surface area contributed by atoms with Gasteiger partial charge in [-0.1, -0.05) is 18.2 Å². The zero-order valence-corrected chi connectivity index (χ0v) is 15.3. The van der Waals surface area contributed by atoms with Gasteiger partial charge in [-0.3, -0.25) is 4.79 Å². The van der Waals surface area contributed by atoms with Gasteiger partial charge >= 0.3 is 0 Å². The number of amides is 1. The van der Waals surface area contributed by atoms with Crippen LogP contribution in [0.5, 0.6) is 5.75 Å². The molecule has 2 heterocycles. The number of para-hydroxylation sites is 1. The van der Waals surface area contributed by atoms with Crippen molar-refractivity contribution in [1.82, 2.24) is 4.72 Å². The van der Waals surface area contributed by atoms with Crippen molar-refractivity contribution in [1.29, 1.82) is 0 Å². The Hall–Kier alpha value is -1.86. The first-order valence-electron chi connectivity index (χ1n) is 7.58. The Morgan fingerprint density at radius 2 is 2.00 bits per heavy atom. The largest absolute Gasteiger partial charge is 0.488 e. The highest BCUT2D eigenvalue weighted by atomic mass is 32.2. The highest BCUT2D eigenvalue weighted by molar-refractivity contribution is 7.92. The van der Waals surface area contributed by atoms with Crippen molar-refractivity contribution >= 4 is 27.3 Å². The number of hydrogen-bond acceptors (Lipinski definition) is 5. The summed E-state index contributed by atoms with van der Waals surface area (Å²) in [6.45, 7) is 5.49. The summed E-state index contributed by atoms with van der Waals surface area (Å²) in [5.74, 6) is -0.467. The molecular formula is C17H19NO4S2. The van der Waals surface area contributed by atoms with Crippen LogP contribution in [0.25, 0.3) is 0 Å². The van der Waals surface area contributed by atoms with E-state index in [1.54, 1.807) is 30.5 Å². The minimum absolute atomic E-state index is 0.176. The summed E-state index contributed by atoms with van der Waals surface area (Å²) in [6, 6.07) is 8.97. The normalized spacial score (nSPS) is 19.2. The van der Waals surface area contributed by atoms with Gasteiger partial charge in [-0.2, -0.15) is 0 Å². The van der Waals surface area contributed by atoms with Gasteiger partial charge in [0.2, 0.25) is 5.91 Å². The summed E-state index contributed by atoms with van der Waals surface area (Å²) in [5.41, 5.74) is 0.805. The van der Waals surface area contributed by atoms with Crippen LogP contribution in [-0.2, 0) is 14.8 Å². The number of sulfonamides is 1. The fraction of sp³-hybridized carbons (Fsp3) is 0.353. The molecule has 1 amide bonds. The summed E-state index contributed by atoms with van der Waals surface area (Å²) < 4.78 is 33.3. The SMILES string of the molecule is Cc1ccsc1S(=O)(=O)NC(=O)C1CC(C)(C)Oc2ccccc21. The number of hydrogen-bond donors (Lipinski definition) is 1. The maximum absolute atomic E-state index is 12.7. The molecule has 3 rings (SSSR count). The number of aryl methyl sites for hydroxylation is 1. The highest BCUT2D eigenvalue weighted by Gasteiger charge is 2.38. The molecule has 7 heteroatoms. The molecule has 1 unspecified atom stereocenters. The first-order chi connectivity index (χ1) is 11.2. The van der Waals surface area contributed by atoms with Crippen LogP contribution in [0.3, 0.4) is 0 Å². The maximum atomic E-state index is 12.7. The Morgan fingerprint density at radius 1 is 1.29 bits per heavy atom. The van der Waals surface area contributed by atoms with E-state index < -0.39 is 27.4 Å². The number of nitrogens with one attached hydrogen (secondary N) is 1. The third-order valence-electron chi connectivity index (χ3n) is 3.99. The molecule has 1 aliphatic heterocycles. The predicted octanol–water partition coefficient (Wildman–Crippen LogP) is 3.21. The van der Waals surface area contributed by atoms with Crippen molar-refractivity contribution in [2.75, 3.05) is 0 Å². The zero-order valence-electron chi connectivity index (χ0n) is 13.7. The van der Waals surface area contributed by atoms with Crippen LogP contribution in [0.4, 0.5) is 0 Å². The molecule has 0 bridgehead atoms. The second-order valence-corrected chi connectivity index (χ2v) is 9.31. The van der Waals surface area contributed by atoms with Crippen LogP contribution in [0.1, 0.15) is 37.3 Å². The fourth-order valence-corrected chi connectivity index (χ4v) is 5.36. The van der Waals surface area contributed by atoms with Crippen molar-refractivity contribution in [2.24, 2.45) is 0 Å². The van der Waals surface area contributed by atoms with Gasteiger partial charge in [-0.05, 0) is 43.8 Å². The zero-order chi connectivity index (χ0) is 17.5. The Kier molecular flexibility index (Phi) is 4.17. The molecule has 1 aliphatic rings. The predicted molar refractivity (Wildman–Crippen MR) is 92.9 cm³/mol. The number of rotatable bonds is 3. The average molecular weight is 365 g/mol. The second kappa shape index (κ2) is 5.89. The van der Waals surface area contributed by atoms with Crippen LogP contribution in [0.15, 0.2) is 39.9 Å². The van der Waals surface area contributed by atoms with Gasteiger partial charge in [0.1, 0.15) is 15.6 Å². The van der Waals surface area contributed by atoms with Crippen LogP contribution in [0.2, 0.25) is 0 Å². The standard InChI is InChI=1S/C17H19NO4S2/c1-11-8-9-23-16(11)24(20,21)18-15(19)13-10-17(2,3)22-14-7-5-4-6-12(13)14/h4-9,13H,10H2,1-3H3,(H,18,19). The van der Waals surface area contributed by atoms with Gasteiger partial charge in [0, 0.05) is 12.0 Å². The van der Waals surface area contributed by atoms with Crippen molar-refractivity contribution in [3.05, 3.63) is 46.8 Å². The van der Waals surface area contributed by atoms with Crippen molar-refractivity contribution in [3.63, 3.8) is 0 Å². The van der Waals surface area contributed by atoms with Gasteiger partial charge in [-0.15, -0.1) is 11.3 Å². The van der Waals surface area contributed by atoms with E-state index in [0.29, 0.717) is 23.3 Å². The first-order valence-corrected chi connectivity index (χ1v) is 9.95. The molecule has 1 aromatic carbocycles. The molecule has 0 saturated heterocycles. The summed E-state index contributed by atoms with van der Waals surface area (Å²) in [7, 11) is -3.86. The van der Waals surface area contributed by atoms with E-state index >= 15 is 0 Å². The lowest BCUT2D eigenvalue weighted by Crippen LogP contribution is -2.42. The van der Waals surface area contributed by atoms with E-state index in [4.69, 9.17) is 4.74 Å². The lowest BCUT2D eigenvalue weighted by molar-refractivity contribution is -0.122. The Labute approximate surface area is 145 Å². The molecule has 1 atom stereocenters. The Bertz CT molecular complexity index is 884. The number of carbonyl (C=O) groups excluding carboxylic acids is 1. The van der Waals surface area contributed by atoms with Crippen LogP contribution in [0, 0.1) is 6.92 Å². The topological polar surface area (TPSA) is 72.5 Å². The third-order valence-corrected chi connectivity index (χ3v) is 7.02. The third kappa shape index (κ3) is 3.18. The minimum Gasteiger partial charge on any atom is -0.488 e. The Morgan fingerprint density at radius 3 is 2.67 bits per heavy atom. The van der Waals surface area contributed by atoms with E-state index in [0.717, 1.165) is 11.3 Å². The number of fused-ring (bicyclic) bond motifs is 1. The van der Waals surface area contributed by atoms with E-state index in [2.05, 4.69) is 4.72 Å². The molecule has 2 aromatic rings. The quantitative estimate of drug-likeness (QED) is 0.906. The molecule has 0 saturated carbocycles. The summed E-state index contributed by atoms with van der Waals surface area (Å²) in [6.07, 6.45) is 0.411. The lowest BCUT2D eigenvalue weighted by Gasteiger charge is -2.36. The molecule has 0 radical (unpaired) electrons. The summed E-state index contributed by atoms with van der Waals surface area (Å²) >= 11 is 1.10. The van der Waals surface area contributed by atoms with Gasteiger partial charge < -0.3 is 4.74 Å².